The average Bonchev–Trinajstić information content (AvgIpc) is 2.87. The molecule has 0 bridgehead atoms. The molecule has 4 rings (SSSR count). The molecule has 1 aromatic heterocycles. The van der Waals surface area contributed by atoms with Gasteiger partial charge in [0.05, 0.1) is 0 Å². The molecular formula is C30H31F3N2. The van der Waals surface area contributed by atoms with Gasteiger partial charge in [0.25, 0.3) is 0 Å². The first-order valence-electron chi connectivity index (χ1n) is 12.5. The van der Waals surface area contributed by atoms with Crippen LogP contribution >= 0.6 is 0 Å². The summed E-state index contributed by atoms with van der Waals surface area (Å²) in [5.41, 5.74) is 3.51. The molecule has 1 heterocycles. The highest BCUT2D eigenvalue weighted by atomic mass is 19.2. The summed E-state index contributed by atoms with van der Waals surface area (Å²) in [6.45, 7) is 2.21. The lowest BCUT2D eigenvalue weighted by Gasteiger charge is -2.09. The summed E-state index contributed by atoms with van der Waals surface area (Å²) in [6, 6.07) is 13.3. The van der Waals surface area contributed by atoms with Gasteiger partial charge in [0, 0.05) is 24.2 Å². The molecule has 4 aromatic rings. The first-order valence-corrected chi connectivity index (χ1v) is 12.5. The van der Waals surface area contributed by atoms with Crippen LogP contribution in [0.25, 0.3) is 10.8 Å². The maximum absolute atomic E-state index is 15.1. The third-order valence-corrected chi connectivity index (χ3v) is 6.48. The minimum absolute atomic E-state index is 0.255. The first kappa shape index (κ1) is 24.9. The molecule has 0 fully saturated rings. The second kappa shape index (κ2) is 12.0. The van der Waals surface area contributed by atoms with Gasteiger partial charge in [0.15, 0.2) is 11.6 Å². The molecular weight excluding hydrogens is 445 g/mol. The number of halogens is 3. The Bertz CT molecular complexity index is 1270. The van der Waals surface area contributed by atoms with E-state index in [1.807, 2.05) is 36.7 Å². The molecule has 2 nitrogen and oxygen atoms in total. The Balaban J connectivity index is 1.35. The van der Waals surface area contributed by atoms with Crippen molar-refractivity contribution in [2.75, 3.05) is 0 Å². The number of aryl methyl sites for hydroxylation is 5. The lowest BCUT2D eigenvalue weighted by molar-refractivity contribution is 0.507. The molecule has 0 aliphatic heterocycles. The van der Waals surface area contributed by atoms with Gasteiger partial charge < -0.3 is 0 Å². The number of aromatic nitrogens is 2. The number of hydrogen-bond acceptors (Lipinski definition) is 2. The van der Waals surface area contributed by atoms with Crippen LogP contribution in [0.4, 0.5) is 13.2 Å². The summed E-state index contributed by atoms with van der Waals surface area (Å²) >= 11 is 0. The second-order valence-electron chi connectivity index (χ2n) is 9.16. The third-order valence-electron chi connectivity index (χ3n) is 6.48. The monoisotopic (exact) mass is 476 g/mol. The molecule has 3 aromatic carbocycles. The summed E-state index contributed by atoms with van der Waals surface area (Å²) in [6.07, 6.45) is 12.2. The zero-order chi connectivity index (χ0) is 24.6. The van der Waals surface area contributed by atoms with E-state index in [-0.39, 0.29) is 5.82 Å². The fourth-order valence-electron chi connectivity index (χ4n) is 4.36. The Hall–Kier alpha value is -3.21. The fraction of sp³-hybridized carbons (Fsp3) is 0.333. The van der Waals surface area contributed by atoms with Gasteiger partial charge in [-0.15, -0.1) is 0 Å². The van der Waals surface area contributed by atoms with Gasteiger partial charge in [-0.05, 0) is 71.9 Å². The van der Waals surface area contributed by atoms with Gasteiger partial charge in [-0.3, -0.25) is 0 Å². The lowest BCUT2D eigenvalue weighted by Crippen LogP contribution is -2.00. The molecule has 0 spiro atoms. The number of fused-ring (bicyclic) bond motifs is 1. The number of unbranched alkanes of at least 4 members (excludes halogenated alkanes) is 3. The van der Waals surface area contributed by atoms with Crippen LogP contribution < -0.4 is 0 Å². The van der Waals surface area contributed by atoms with Crippen LogP contribution in [-0.2, 0) is 32.1 Å². The molecule has 0 unspecified atom stereocenters. The highest BCUT2D eigenvalue weighted by Gasteiger charge is 2.10. The third kappa shape index (κ3) is 6.68. The van der Waals surface area contributed by atoms with E-state index in [1.54, 1.807) is 6.07 Å². The standard InChI is InChI=1S/C30H31F3N2/c1-2-3-4-5-6-23-19-34-29(35-20-23)16-10-21-8-14-26-25(17-21)13-12-24(30(26)33)11-7-22-9-15-27(31)28(32)18-22/h8-9,12-15,17-20H,2-7,10-11,16H2,1H3. The number of hydrogen-bond donors (Lipinski definition) is 0. The number of rotatable bonds is 11. The van der Waals surface area contributed by atoms with Gasteiger partial charge >= 0.3 is 0 Å². The first-order chi connectivity index (χ1) is 17.0. The molecule has 5 heteroatoms. The molecule has 0 radical (unpaired) electrons. The van der Waals surface area contributed by atoms with E-state index in [0.717, 1.165) is 42.1 Å². The normalized spacial score (nSPS) is 11.3. The van der Waals surface area contributed by atoms with Crippen molar-refractivity contribution < 1.29 is 13.2 Å². The Labute approximate surface area is 205 Å². The largest absolute Gasteiger partial charge is 0.241 e. The molecule has 0 saturated carbocycles. The quantitative estimate of drug-likeness (QED) is 0.207. The van der Waals surface area contributed by atoms with E-state index in [1.165, 1.54) is 43.4 Å². The maximum atomic E-state index is 15.1. The highest BCUT2D eigenvalue weighted by molar-refractivity contribution is 5.84. The number of benzene rings is 3. The molecule has 0 amide bonds. The lowest BCUT2D eigenvalue weighted by atomic mass is 9.98. The molecule has 0 aliphatic carbocycles. The molecule has 0 aliphatic rings. The zero-order valence-electron chi connectivity index (χ0n) is 20.2. The van der Waals surface area contributed by atoms with E-state index in [2.05, 4.69) is 16.9 Å². The Morgan fingerprint density at radius 2 is 1.37 bits per heavy atom. The average molecular weight is 477 g/mol. The minimum atomic E-state index is -0.877. The van der Waals surface area contributed by atoms with Gasteiger partial charge in [0.2, 0.25) is 0 Å². The van der Waals surface area contributed by atoms with E-state index in [9.17, 15) is 8.78 Å². The van der Waals surface area contributed by atoms with Gasteiger partial charge in [-0.1, -0.05) is 62.6 Å². The smallest absolute Gasteiger partial charge is 0.159 e. The van der Waals surface area contributed by atoms with E-state index in [0.29, 0.717) is 29.4 Å². The van der Waals surface area contributed by atoms with Crippen molar-refractivity contribution in [1.29, 1.82) is 0 Å². The van der Waals surface area contributed by atoms with Gasteiger partial charge in [-0.2, -0.15) is 0 Å². The van der Waals surface area contributed by atoms with Crippen molar-refractivity contribution in [1.82, 2.24) is 9.97 Å². The van der Waals surface area contributed by atoms with Crippen LogP contribution in [0.2, 0.25) is 0 Å². The SMILES string of the molecule is CCCCCCc1cnc(CCc2ccc3c(F)c(CCc4ccc(F)c(F)c4)ccc3c2)nc1. The Kier molecular flexibility index (Phi) is 8.51. The van der Waals surface area contributed by atoms with Gasteiger partial charge in [0.1, 0.15) is 11.6 Å². The summed E-state index contributed by atoms with van der Waals surface area (Å²) in [5.74, 6) is -1.18. The topological polar surface area (TPSA) is 25.8 Å². The van der Waals surface area contributed by atoms with Crippen molar-refractivity contribution in [2.45, 2.75) is 64.7 Å². The van der Waals surface area contributed by atoms with E-state index < -0.39 is 11.6 Å². The van der Waals surface area contributed by atoms with Crippen molar-refractivity contribution in [3.05, 3.63) is 106 Å². The van der Waals surface area contributed by atoms with E-state index >= 15 is 4.39 Å². The zero-order valence-corrected chi connectivity index (χ0v) is 20.2. The summed E-state index contributed by atoms with van der Waals surface area (Å²) in [7, 11) is 0. The molecule has 0 N–H and O–H groups in total. The van der Waals surface area contributed by atoms with Gasteiger partial charge in [-0.25, -0.2) is 23.1 Å². The Morgan fingerprint density at radius 3 is 2.14 bits per heavy atom. The minimum Gasteiger partial charge on any atom is -0.241 e. The molecule has 182 valence electrons. The van der Waals surface area contributed by atoms with E-state index in [4.69, 9.17) is 0 Å². The Morgan fingerprint density at radius 1 is 0.629 bits per heavy atom. The predicted molar refractivity (Wildman–Crippen MR) is 135 cm³/mol. The van der Waals surface area contributed by atoms with Crippen LogP contribution in [0.3, 0.4) is 0 Å². The summed E-state index contributed by atoms with van der Waals surface area (Å²) in [4.78, 5) is 9.04. The van der Waals surface area contributed by atoms with Crippen LogP contribution in [0.5, 0.6) is 0 Å². The van der Waals surface area contributed by atoms with Crippen LogP contribution in [0, 0.1) is 17.5 Å². The fourth-order valence-corrected chi connectivity index (χ4v) is 4.36. The van der Waals surface area contributed by atoms with Crippen molar-refractivity contribution in [3.63, 3.8) is 0 Å². The maximum Gasteiger partial charge on any atom is 0.159 e. The summed E-state index contributed by atoms with van der Waals surface area (Å²) in [5, 5.41) is 1.42. The number of nitrogens with zero attached hydrogens (tertiary/aromatic N) is 2. The van der Waals surface area contributed by atoms with Crippen LogP contribution in [0.1, 0.15) is 60.7 Å². The second-order valence-corrected chi connectivity index (χ2v) is 9.16. The molecule has 0 atom stereocenters. The molecule has 0 saturated heterocycles. The van der Waals surface area contributed by atoms with Crippen molar-refractivity contribution in [2.24, 2.45) is 0 Å². The van der Waals surface area contributed by atoms with Crippen LogP contribution in [-0.4, -0.2) is 9.97 Å². The molecule has 35 heavy (non-hydrogen) atoms. The predicted octanol–water partition coefficient (Wildman–Crippen LogP) is 7.74. The van der Waals surface area contributed by atoms with Crippen LogP contribution in [0.15, 0.2) is 60.9 Å². The summed E-state index contributed by atoms with van der Waals surface area (Å²) < 4.78 is 41.7. The highest BCUT2D eigenvalue weighted by Crippen LogP contribution is 2.24. The van der Waals surface area contributed by atoms with Crippen molar-refractivity contribution in [3.8, 4) is 0 Å². The van der Waals surface area contributed by atoms with Crippen molar-refractivity contribution >= 4 is 10.8 Å².